The lowest BCUT2D eigenvalue weighted by atomic mass is 10.0. The molecular formula is C17H17FN2O3. The van der Waals surface area contributed by atoms with Gasteiger partial charge in [-0.05, 0) is 36.6 Å². The molecule has 0 bridgehead atoms. The third-order valence-electron chi connectivity index (χ3n) is 4.20. The zero-order valence-electron chi connectivity index (χ0n) is 12.7. The molecule has 1 saturated heterocycles. The minimum atomic E-state index is -0.467. The van der Waals surface area contributed by atoms with Crippen LogP contribution in [0.4, 0.5) is 15.8 Å². The van der Waals surface area contributed by atoms with Crippen molar-refractivity contribution in [3.8, 4) is 5.75 Å². The maximum absolute atomic E-state index is 13.6. The molecule has 120 valence electrons. The molecule has 1 atom stereocenters. The van der Waals surface area contributed by atoms with Crippen LogP contribution >= 0.6 is 0 Å². The van der Waals surface area contributed by atoms with Gasteiger partial charge in [0.15, 0.2) is 0 Å². The molecule has 1 aliphatic heterocycles. The number of nitro benzene ring substituents is 1. The van der Waals surface area contributed by atoms with Crippen molar-refractivity contribution in [2.24, 2.45) is 0 Å². The fourth-order valence-corrected chi connectivity index (χ4v) is 3.11. The molecular weight excluding hydrogens is 299 g/mol. The van der Waals surface area contributed by atoms with Crippen LogP contribution in [0.5, 0.6) is 5.75 Å². The van der Waals surface area contributed by atoms with Gasteiger partial charge in [0, 0.05) is 18.7 Å². The molecule has 0 aliphatic carbocycles. The summed E-state index contributed by atoms with van der Waals surface area (Å²) < 4.78 is 18.8. The van der Waals surface area contributed by atoms with E-state index in [0.717, 1.165) is 30.2 Å². The first-order valence-electron chi connectivity index (χ1n) is 7.44. The molecule has 1 unspecified atom stereocenters. The summed E-state index contributed by atoms with van der Waals surface area (Å²) >= 11 is 0. The second kappa shape index (κ2) is 6.24. The van der Waals surface area contributed by atoms with Gasteiger partial charge in [0.05, 0.1) is 18.1 Å². The molecule has 0 spiro atoms. The predicted molar refractivity (Wildman–Crippen MR) is 85.4 cm³/mol. The Labute approximate surface area is 133 Å². The van der Waals surface area contributed by atoms with Gasteiger partial charge in [0.25, 0.3) is 5.69 Å². The number of anilines is 1. The molecule has 1 aliphatic rings. The highest BCUT2D eigenvalue weighted by Gasteiger charge is 2.31. The van der Waals surface area contributed by atoms with Crippen molar-refractivity contribution in [1.29, 1.82) is 0 Å². The predicted octanol–water partition coefficient (Wildman–Crippen LogP) is 4.08. The van der Waals surface area contributed by atoms with E-state index in [2.05, 4.69) is 0 Å². The van der Waals surface area contributed by atoms with Crippen molar-refractivity contribution in [3.63, 3.8) is 0 Å². The van der Waals surface area contributed by atoms with Crippen LogP contribution < -0.4 is 9.64 Å². The standard InChI is InChI=1S/C17H17FN2O3/c1-23-14-7-4-12(5-8-14)15-3-2-10-19(15)17-11-13(18)6-9-16(17)20(21)22/h4-9,11,15H,2-3,10H2,1H3. The quantitative estimate of drug-likeness (QED) is 0.630. The second-order valence-corrected chi connectivity index (χ2v) is 5.51. The highest BCUT2D eigenvalue weighted by molar-refractivity contribution is 5.65. The Morgan fingerprint density at radius 2 is 2.00 bits per heavy atom. The minimum Gasteiger partial charge on any atom is -0.497 e. The van der Waals surface area contributed by atoms with Crippen LogP contribution in [0.15, 0.2) is 42.5 Å². The third-order valence-corrected chi connectivity index (χ3v) is 4.20. The lowest BCUT2D eigenvalue weighted by Gasteiger charge is -2.27. The van der Waals surface area contributed by atoms with Gasteiger partial charge in [-0.3, -0.25) is 10.1 Å². The van der Waals surface area contributed by atoms with E-state index in [-0.39, 0.29) is 11.7 Å². The normalized spacial score (nSPS) is 17.3. The number of nitrogens with zero attached hydrogens (tertiary/aromatic N) is 2. The Balaban J connectivity index is 1.98. The number of hydrogen-bond donors (Lipinski definition) is 0. The second-order valence-electron chi connectivity index (χ2n) is 5.51. The van der Waals surface area contributed by atoms with E-state index in [1.54, 1.807) is 7.11 Å². The summed E-state index contributed by atoms with van der Waals surface area (Å²) in [5.41, 5.74) is 1.32. The average molecular weight is 316 g/mol. The topological polar surface area (TPSA) is 55.6 Å². The number of methoxy groups -OCH3 is 1. The van der Waals surface area contributed by atoms with Gasteiger partial charge in [-0.1, -0.05) is 12.1 Å². The molecule has 6 heteroatoms. The van der Waals surface area contributed by atoms with Crippen molar-refractivity contribution >= 4 is 11.4 Å². The van der Waals surface area contributed by atoms with E-state index in [0.29, 0.717) is 12.2 Å². The molecule has 0 N–H and O–H groups in total. The molecule has 0 aromatic heterocycles. The minimum absolute atomic E-state index is 0.00130. The van der Waals surface area contributed by atoms with Crippen molar-refractivity contribution in [1.82, 2.24) is 0 Å². The molecule has 1 fully saturated rings. The number of benzene rings is 2. The third kappa shape index (κ3) is 2.97. The lowest BCUT2D eigenvalue weighted by molar-refractivity contribution is -0.384. The fourth-order valence-electron chi connectivity index (χ4n) is 3.11. The van der Waals surface area contributed by atoms with E-state index < -0.39 is 10.7 Å². The first-order chi connectivity index (χ1) is 11.1. The van der Waals surface area contributed by atoms with Gasteiger partial charge in [-0.25, -0.2) is 4.39 Å². The molecule has 0 saturated carbocycles. The molecule has 5 nitrogen and oxygen atoms in total. The smallest absolute Gasteiger partial charge is 0.292 e. The summed E-state index contributed by atoms with van der Waals surface area (Å²) in [4.78, 5) is 12.7. The van der Waals surface area contributed by atoms with Gasteiger partial charge < -0.3 is 9.64 Å². The maximum Gasteiger partial charge on any atom is 0.292 e. The largest absolute Gasteiger partial charge is 0.497 e. The van der Waals surface area contributed by atoms with Crippen LogP contribution in [0.1, 0.15) is 24.4 Å². The van der Waals surface area contributed by atoms with E-state index in [1.807, 2.05) is 29.2 Å². The first-order valence-corrected chi connectivity index (χ1v) is 7.44. The molecule has 3 rings (SSSR count). The molecule has 23 heavy (non-hydrogen) atoms. The number of hydrogen-bond acceptors (Lipinski definition) is 4. The van der Waals surface area contributed by atoms with Crippen LogP contribution in [-0.4, -0.2) is 18.6 Å². The molecule has 1 heterocycles. The van der Waals surface area contributed by atoms with E-state index in [1.165, 1.54) is 12.1 Å². The Bertz CT molecular complexity index is 718. The van der Waals surface area contributed by atoms with Gasteiger partial charge in [0.1, 0.15) is 17.3 Å². The molecule has 2 aromatic rings. The number of rotatable bonds is 4. The summed E-state index contributed by atoms with van der Waals surface area (Å²) in [7, 11) is 1.60. The Kier molecular flexibility index (Phi) is 4.14. The summed E-state index contributed by atoms with van der Waals surface area (Å²) in [6.07, 6.45) is 1.78. The van der Waals surface area contributed by atoms with Crippen LogP contribution in [-0.2, 0) is 0 Å². The fraction of sp³-hybridized carbons (Fsp3) is 0.294. The first kappa shape index (κ1) is 15.3. The Morgan fingerprint density at radius 3 is 2.65 bits per heavy atom. The van der Waals surface area contributed by atoms with Crippen molar-refractivity contribution in [2.75, 3.05) is 18.6 Å². The summed E-state index contributed by atoms with van der Waals surface area (Å²) in [6.45, 7) is 0.668. The highest BCUT2D eigenvalue weighted by Crippen LogP contribution is 2.40. The van der Waals surface area contributed by atoms with E-state index >= 15 is 0 Å². The van der Waals surface area contributed by atoms with Crippen LogP contribution in [0, 0.1) is 15.9 Å². The zero-order valence-corrected chi connectivity index (χ0v) is 12.7. The summed E-state index contributed by atoms with van der Waals surface area (Å²) in [6, 6.07) is 11.2. The van der Waals surface area contributed by atoms with Gasteiger partial charge in [0.2, 0.25) is 0 Å². The zero-order chi connectivity index (χ0) is 16.4. The van der Waals surface area contributed by atoms with E-state index in [4.69, 9.17) is 4.74 Å². The lowest BCUT2D eigenvalue weighted by Crippen LogP contribution is -2.23. The van der Waals surface area contributed by atoms with Crippen molar-refractivity contribution < 1.29 is 14.1 Å². The maximum atomic E-state index is 13.6. The van der Waals surface area contributed by atoms with Gasteiger partial charge in [-0.15, -0.1) is 0 Å². The number of halogens is 1. The van der Waals surface area contributed by atoms with Crippen LogP contribution in [0.3, 0.4) is 0 Å². The molecule has 2 aromatic carbocycles. The molecule has 0 amide bonds. The Hall–Kier alpha value is -2.63. The number of ether oxygens (including phenoxy) is 1. The SMILES string of the molecule is COc1ccc(C2CCCN2c2cc(F)ccc2[N+](=O)[O-])cc1. The van der Waals surface area contributed by atoms with E-state index in [9.17, 15) is 14.5 Å². The Morgan fingerprint density at radius 1 is 1.26 bits per heavy atom. The van der Waals surface area contributed by atoms with Crippen molar-refractivity contribution in [2.45, 2.75) is 18.9 Å². The van der Waals surface area contributed by atoms with Crippen molar-refractivity contribution in [3.05, 3.63) is 64.0 Å². The summed E-state index contributed by atoms with van der Waals surface area (Å²) in [5.74, 6) is 0.293. The monoisotopic (exact) mass is 316 g/mol. The van der Waals surface area contributed by atoms with Gasteiger partial charge in [-0.2, -0.15) is 0 Å². The highest BCUT2D eigenvalue weighted by atomic mass is 19.1. The summed E-state index contributed by atoms with van der Waals surface area (Å²) in [5, 5.41) is 11.3. The van der Waals surface area contributed by atoms with Crippen LogP contribution in [0.2, 0.25) is 0 Å². The average Bonchev–Trinajstić information content (AvgIpc) is 3.04. The van der Waals surface area contributed by atoms with Gasteiger partial charge >= 0.3 is 0 Å². The molecule has 0 radical (unpaired) electrons. The van der Waals surface area contributed by atoms with Crippen LogP contribution in [0.25, 0.3) is 0 Å². The number of nitro groups is 1.